The van der Waals surface area contributed by atoms with Crippen molar-refractivity contribution in [3.8, 4) is 5.75 Å². The van der Waals surface area contributed by atoms with Crippen LogP contribution in [0.15, 0.2) is 23.2 Å². The summed E-state index contributed by atoms with van der Waals surface area (Å²) in [5.41, 5.74) is 7.12. The van der Waals surface area contributed by atoms with E-state index < -0.39 is 6.03 Å². The van der Waals surface area contributed by atoms with Gasteiger partial charge in [-0.15, -0.1) is 0 Å². The first-order valence-corrected chi connectivity index (χ1v) is 8.18. The second-order valence-electron chi connectivity index (χ2n) is 7.32. The summed E-state index contributed by atoms with van der Waals surface area (Å²) in [6, 6.07) is 5.62. The van der Waals surface area contributed by atoms with Gasteiger partial charge in [0, 0.05) is 17.8 Å². The minimum atomic E-state index is -0.458. The molecule has 1 aliphatic carbocycles. The lowest BCUT2D eigenvalue weighted by molar-refractivity contribution is 0.239. The van der Waals surface area contributed by atoms with Gasteiger partial charge >= 0.3 is 6.03 Å². The molecule has 0 radical (unpaired) electrons. The molecule has 0 unspecified atom stereocenters. The molecule has 1 aromatic carbocycles. The first kappa shape index (κ1) is 17.3. The van der Waals surface area contributed by atoms with Gasteiger partial charge in [-0.25, -0.2) is 4.79 Å². The maximum absolute atomic E-state index is 10.9. The highest BCUT2D eigenvalue weighted by molar-refractivity contribution is 5.84. The summed E-state index contributed by atoms with van der Waals surface area (Å²) >= 11 is 0. The van der Waals surface area contributed by atoms with Crippen LogP contribution in [-0.2, 0) is 5.41 Å². The molecule has 0 saturated heterocycles. The molecule has 1 aliphatic rings. The van der Waals surface area contributed by atoms with E-state index in [0.717, 1.165) is 31.2 Å². The molecular formula is C18H27N3O2. The second-order valence-corrected chi connectivity index (χ2v) is 7.32. The average Bonchev–Trinajstić information content (AvgIpc) is 2.46. The Bertz CT molecular complexity index is 582. The van der Waals surface area contributed by atoms with E-state index in [1.807, 2.05) is 12.1 Å². The highest BCUT2D eigenvalue weighted by Gasteiger charge is 2.21. The van der Waals surface area contributed by atoms with E-state index in [1.165, 1.54) is 5.56 Å². The van der Waals surface area contributed by atoms with E-state index in [9.17, 15) is 9.90 Å². The number of hydrogen-bond acceptors (Lipinski definition) is 3. The highest BCUT2D eigenvalue weighted by Crippen LogP contribution is 2.27. The van der Waals surface area contributed by atoms with Gasteiger partial charge in [0.25, 0.3) is 0 Å². The second kappa shape index (κ2) is 7.02. The molecule has 0 heterocycles. The summed E-state index contributed by atoms with van der Waals surface area (Å²) in [4.78, 5) is 15.5. The summed E-state index contributed by atoms with van der Waals surface area (Å²) in [5.74, 6) is 0.255. The summed E-state index contributed by atoms with van der Waals surface area (Å²) < 4.78 is 0. The number of carbonyl (C=O) groups excluding carboxylic acids is 1. The molecule has 0 bridgehead atoms. The van der Waals surface area contributed by atoms with Gasteiger partial charge in [-0.05, 0) is 48.8 Å². The number of aliphatic imine (C=N–C) groups is 1. The molecule has 0 spiro atoms. The minimum Gasteiger partial charge on any atom is -0.507 e. The van der Waals surface area contributed by atoms with Crippen LogP contribution in [0, 0.1) is 0 Å². The number of rotatable bonds is 3. The smallest absolute Gasteiger partial charge is 0.312 e. The van der Waals surface area contributed by atoms with Crippen molar-refractivity contribution in [3.63, 3.8) is 0 Å². The summed E-state index contributed by atoms with van der Waals surface area (Å²) in [7, 11) is 0. The number of carbonyl (C=O) groups is 1. The van der Waals surface area contributed by atoms with Gasteiger partial charge in [0.05, 0.1) is 6.04 Å². The number of benzene rings is 1. The number of aromatic hydroxyl groups is 1. The lowest BCUT2D eigenvalue weighted by Gasteiger charge is -2.26. The molecular weight excluding hydrogens is 290 g/mol. The van der Waals surface area contributed by atoms with Crippen molar-refractivity contribution in [2.24, 2.45) is 10.7 Å². The Hall–Kier alpha value is -2.04. The minimum absolute atomic E-state index is 0.0365. The van der Waals surface area contributed by atoms with Crippen LogP contribution in [0.2, 0.25) is 0 Å². The van der Waals surface area contributed by atoms with Gasteiger partial charge in [0.1, 0.15) is 5.75 Å². The van der Waals surface area contributed by atoms with Crippen LogP contribution in [0.5, 0.6) is 5.75 Å². The first-order valence-electron chi connectivity index (χ1n) is 8.18. The fourth-order valence-corrected chi connectivity index (χ4v) is 2.88. The van der Waals surface area contributed by atoms with Crippen molar-refractivity contribution in [3.05, 3.63) is 29.3 Å². The van der Waals surface area contributed by atoms with Gasteiger partial charge in [0.15, 0.2) is 0 Å². The summed E-state index contributed by atoms with van der Waals surface area (Å²) in [5, 5.41) is 12.8. The molecule has 2 rings (SSSR count). The van der Waals surface area contributed by atoms with Gasteiger partial charge in [-0.2, -0.15) is 0 Å². The summed E-state index contributed by atoms with van der Waals surface area (Å²) in [6.45, 7) is 6.44. The molecule has 23 heavy (non-hydrogen) atoms. The molecule has 1 fully saturated rings. The van der Waals surface area contributed by atoms with Crippen molar-refractivity contribution in [1.82, 2.24) is 5.32 Å². The van der Waals surface area contributed by atoms with Crippen LogP contribution in [0.4, 0.5) is 4.79 Å². The van der Waals surface area contributed by atoms with Crippen LogP contribution >= 0.6 is 0 Å². The van der Waals surface area contributed by atoms with Gasteiger partial charge in [0.2, 0.25) is 0 Å². The predicted octanol–water partition coefficient (Wildman–Crippen LogP) is 3.09. The topological polar surface area (TPSA) is 87.7 Å². The number of phenols is 1. The zero-order valence-corrected chi connectivity index (χ0v) is 14.2. The SMILES string of the molecule is CC(C)(C)c1ccc(O)c(/C=N\C2CCC(NC(N)=O)CC2)c1. The van der Waals surface area contributed by atoms with Gasteiger partial charge in [-0.3, -0.25) is 4.99 Å². The highest BCUT2D eigenvalue weighted by atomic mass is 16.3. The fraction of sp³-hybridized carbons (Fsp3) is 0.556. The van der Waals surface area contributed by atoms with E-state index in [-0.39, 0.29) is 23.2 Å². The molecule has 1 saturated carbocycles. The maximum Gasteiger partial charge on any atom is 0.312 e. The quantitative estimate of drug-likeness (QED) is 0.748. The number of nitrogens with two attached hydrogens (primary N) is 1. The van der Waals surface area contributed by atoms with Crippen molar-refractivity contribution in [2.75, 3.05) is 0 Å². The number of nitrogens with zero attached hydrogens (tertiary/aromatic N) is 1. The largest absolute Gasteiger partial charge is 0.507 e. The number of primary amides is 1. The number of hydrogen-bond donors (Lipinski definition) is 3. The van der Waals surface area contributed by atoms with E-state index in [0.29, 0.717) is 0 Å². The van der Waals surface area contributed by atoms with Crippen molar-refractivity contribution in [2.45, 2.75) is 64.0 Å². The van der Waals surface area contributed by atoms with E-state index in [1.54, 1.807) is 12.3 Å². The molecule has 5 heteroatoms. The zero-order chi connectivity index (χ0) is 17.0. The van der Waals surface area contributed by atoms with E-state index in [2.05, 4.69) is 31.1 Å². The number of phenolic OH excluding ortho intramolecular Hbond substituents is 1. The van der Waals surface area contributed by atoms with Crippen LogP contribution in [0.3, 0.4) is 0 Å². The zero-order valence-electron chi connectivity index (χ0n) is 14.2. The fourth-order valence-electron chi connectivity index (χ4n) is 2.88. The van der Waals surface area contributed by atoms with Crippen molar-refractivity contribution < 1.29 is 9.90 Å². The Balaban J connectivity index is 2.00. The van der Waals surface area contributed by atoms with Crippen LogP contribution in [-0.4, -0.2) is 29.4 Å². The molecule has 0 aromatic heterocycles. The van der Waals surface area contributed by atoms with Gasteiger partial charge in [-0.1, -0.05) is 26.8 Å². The van der Waals surface area contributed by atoms with Crippen molar-refractivity contribution >= 4 is 12.2 Å². The first-order chi connectivity index (χ1) is 10.8. The Morgan fingerprint density at radius 1 is 1.30 bits per heavy atom. The molecule has 1 aromatic rings. The number of amides is 2. The third kappa shape index (κ3) is 4.98. The van der Waals surface area contributed by atoms with Crippen LogP contribution in [0.1, 0.15) is 57.6 Å². The maximum atomic E-state index is 10.9. The lowest BCUT2D eigenvalue weighted by atomic mass is 9.86. The number of nitrogens with one attached hydrogen (secondary N) is 1. The number of urea groups is 1. The Morgan fingerprint density at radius 2 is 1.96 bits per heavy atom. The Morgan fingerprint density at radius 3 is 2.52 bits per heavy atom. The Labute approximate surface area is 138 Å². The molecule has 0 atom stereocenters. The Kier molecular flexibility index (Phi) is 5.29. The van der Waals surface area contributed by atoms with Crippen LogP contribution < -0.4 is 11.1 Å². The molecule has 2 amide bonds. The average molecular weight is 317 g/mol. The molecule has 126 valence electrons. The molecule has 0 aliphatic heterocycles. The summed E-state index contributed by atoms with van der Waals surface area (Å²) in [6.07, 6.45) is 5.39. The molecule has 5 nitrogen and oxygen atoms in total. The standard InChI is InChI=1S/C18H27N3O2/c1-18(2,3)13-4-9-16(22)12(10-13)11-20-14-5-7-15(8-6-14)21-17(19)23/h4,9-11,14-15,22H,5-8H2,1-3H3,(H3,19,21,23)/b20-11-. The van der Waals surface area contributed by atoms with Crippen molar-refractivity contribution in [1.29, 1.82) is 0 Å². The van der Waals surface area contributed by atoms with E-state index in [4.69, 9.17) is 5.73 Å². The lowest BCUT2D eigenvalue weighted by Crippen LogP contribution is -2.41. The predicted molar refractivity (Wildman–Crippen MR) is 93.2 cm³/mol. The van der Waals surface area contributed by atoms with Gasteiger partial charge < -0.3 is 16.2 Å². The third-order valence-corrected chi connectivity index (χ3v) is 4.36. The molecule has 4 N–H and O–H groups in total. The third-order valence-electron chi connectivity index (χ3n) is 4.36. The normalized spacial score (nSPS) is 22.2. The van der Waals surface area contributed by atoms with E-state index >= 15 is 0 Å². The van der Waals surface area contributed by atoms with Crippen LogP contribution in [0.25, 0.3) is 0 Å². The monoisotopic (exact) mass is 317 g/mol.